The molecule has 160 valence electrons. The van der Waals surface area contributed by atoms with Crippen molar-refractivity contribution in [3.8, 4) is 22.8 Å². The lowest BCUT2D eigenvalue weighted by molar-refractivity contribution is 1.04. The van der Waals surface area contributed by atoms with Gasteiger partial charge >= 0.3 is 0 Å². The first-order chi connectivity index (χ1) is 16.2. The van der Waals surface area contributed by atoms with E-state index in [4.69, 9.17) is 15.0 Å². The summed E-state index contributed by atoms with van der Waals surface area (Å²) >= 11 is 1.80. The van der Waals surface area contributed by atoms with Crippen LogP contribution in [-0.4, -0.2) is 15.0 Å². The third-order valence-corrected chi connectivity index (χ3v) is 6.68. The van der Waals surface area contributed by atoms with Crippen molar-refractivity contribution >= 4 is 37.1 Å². The van der Waals surface area contributed by atoms with Gasteiger partial charge in [-0.2, -0.15) is 0 Å². The minimum atomic E-state index is 0.646. The molecule has 0 unspecified atom stereocenters. The van der Waals surface area contributed by atoms with E-state index in [0.717, 1.165) is 16.7 Å². The number of thiophene rings is 1. The highest BCUT2D eigenvalue weighted by Gasteiger charge is 2.16. The fourth-order valence-corrected chi connectivity index (χ4v) is 5.05. The predicted octanol–water partition coefficient (Wildman–Crippen LogP) is 8.03. The molecule has 0 N–H and O–H groups in total. The Bertz CT molecular complexity index is 1540. The summed E-state index contributed by atoms with van der Waals surface area (Å²) in [4.78, 5) is 14.7. The van der Waals surface area contributed by atoms with Crippen molar-refractivity contribution in [2.45, 2.75) is 13.8 Å². The van der Waals surface area contributed by atoms with E-state index in [-0.39, 0.29) is 0 Å². The summed E-state index contributed by atoms with van der Waals surface area (Å²) in [5.74, 6) is 1.99. The molecule has 0 spiro atoms. The van der Waals surface area contributed by atoms with E-state index in [1.54, 1.807) is 17.4 Å². The molecule has 33 heavy (non-hydrogen) atoms. The zero-order valence-electron chi connectivity index (χ0n) is 18.6. The summed E-state index contributed by atoms with van der Waals surface area (Å²) in [5, 5.41) is 2.44. The van der Waals surface area contributed by atoms with Crippen LogP contribution in [0.2, 0.25) is 0 Å². The Hall–Kier alpha value is -3.89. The number of fused-ring (bicyclic) bond motifs is 3. The Morgan fingerprint density at radius 2 is 1.70 bits per heavy atom. The van der Waals surface area contributed by atoms with Gasteiger partial charge in [0.15, 0.2) is 17.5 Å². The van der Waals surface area contributed by atoms with Gasteiger partial charge in [0.25, 0.3) is 0 Å². The van der Waals surface area contributed by atoms with Crippen molar-refractivity contribution < 1.29 is 0 Å². The van der Waals surface area contributed by atoms with Gasteiger partial charge in [-0.05, 0) is 32.0 Å². The lowest BCUT2D eigenvalue weighted by Crippen LogP contribution is -2.02. The zero-order valence-corrected chi connectivity index (χ0v) is 19.4. The molecule has 0 aliphatic carbocycles. The number of aromatic nitrogens is 3. The molecule has 4 heteroatoms. The Morgan fingerprint density at radius 3 is 2.48 bits per heavy atom. The Balaban J connectivity index is 1.81. The molecule has 3 aromatic carbocycles. The number of allylic oxidation sites excluding steroid dienone is 5. The number of aryl methyl sites for hydroxylation is 1. The Labute approximate surface area is 197 Å². The molecule has 2 heterocycles. The molecule has 3 nitrogen and oxygen atoms in total. The molecule has 0 atom stereocenters. The fraction of sp³-hybridized carbons (Fsp3) is 0.0690. The maximum atomic E-state index is 4.94. The minimum Gasteiger partial charge on any atom is -0.208 e. The van der Waals surface area contributed by atoms with Gasteiger partial charge in [-0.15, -0.1) is 11.3 Å². The van der Waals surface area contributed by atoms with E-state index in [1.807, 2.05) is 55.5 Å². The van der Waals surface area contributed by atoms with E-state index < -0.39 is 0 Å². The van der Waals surface area contributed by atoms with Crippen LogP contribution in [0, 0.1) is 6.92 Å². The van der Waals surface area contributed by atoms with Crippen molar-refractivity contribution in [2.24, 2.45) is 0 Å². The van der Waals surface area contributed by atoms with Crippen LogP contribution in [0.4, 0.5) is 0 Å². The molecule has 2 aromatic heterocycles. The second-order valence-electron chi connectivity index (χ2n) is 7.79. The molecular formula is C29H23N3S. The van der Waals surface area contributed by atoms with Gasteiger partial charge < -0.3 is 0 Å². The van der Waals surface area contributed by atoms with Crippen molar-refractivity contribution in [3.63, 3.8) is 0 Å². The maximum absolute atomic E-state index is 4.94. The van der Waals surface area contributed by atoms with E-state index in [1.165, 1.54) is 25.7 Å². The third kappa shape index (κ3) is 4.01. The molecular weight excluding hydrogens is 422 g/mol. The van der Waals surface area contributed by atoms with Crippen LogP contribution in [-0.2, 0) is 0 Å². The molecule has 0 bridgehead atoms. The lowest BCUT2D eigenvalue weighted by Gasteiger charge is -2.10. The van der Waals surface area contributed by atoms with Crippen molar-refractivity contribution in [3.05, 3.63) is 109 Å². The smallest absolute Gasteiger partial charge is 0.164 e. The monoisotopic (exact) mass is 445 g/mol. The number of nitrogens with zero attached hydrogens (tertiary/aromatic N) is 3. The van der Waals surface area contributed by atoms with Gasteiger partial charge in [0.2, 0.25) is 0 Å². The van der Waals surface area contributed by atoms with Crippen LogP contribution in [0.1, 0.15) is 18.3 Å². The van der Waals surface area contributed by atoms with E-state index >= 15 is 0 Å². The van der Waals surface area contributed by atoms with Crippen LogP contribution >= 0.6 is 11.3 Å². The number of rotatable bonds is 5. The summed E-state index contributed by atoms with van der Waals surface area (Å²) in [6, 6.07) is 23.0. The summed E-state index contributed by atoms with van der Waals surface area (Å²) in [5.41, 5.74) is 4.15. The molecule has 0 fully saturated rings. The van der Waals surface area contributed by atoms with Crippen LogP contribution in [0.3, 0.4) is 0 Å². The summed E-state index contributed by atoms with van der Waals surface area (Å²) in [7, 11) is 0. The highest BCUT2D eigenvalue weighted by Crippen LogP contribution is 2.39. The second-order valence-corrected chi connectivity index (χ2v) is 8.88. The van der Waals surface area contributed by atoms with Gasteiger partial charge in [-0.3, -0.25) is 0 Å². The maximum Gasteiger partial charge on any atom is 0.164 e. The van der Waals surface area contributed by atoms with Crippen LogP contribution in [0.15, 0.2) is 97.6 Å². The largest absolute Gasteiger partial charge is 0.208 e. The van der Waals surface area contributed by atoms with Gasteiger partial charge in [0, 0.05) is 36.9 Å². The summed E-state index contributed by atoms with van der Waals surface area (Å²) in [6.45, 7) is 7.91. The van der Waals surface area contributed by atoms with Gasteiger partial charge in [0.1, 0.15) is 0 Å². The third-order valence-electron chi connectivity index (χ3n) is 5.54. The zero-order chi connectivity index (χ0) is 22.8. The average molecular weight is 446 g/mol. The van der Waals surface area contributed by atoms with Crippen LogP contribution in [0.5, 0.6) is 0 Å². The molecule has 0 radical (unpaired) electrons. The van der Waals surface area contributed by atoms with Crippen molar-refractivity contribution in [1.29, 1.82) is 0 Å². The SMILES string of the molecule is C=C/C=C\C(=C/C)c1nc(-c2ccccc2)nc(-c2cccc3sc4ccc(C)cc4c23)n1. The van der Waals surface area contributed by atoms with Gasteiger partial charge in [-0.1, -0.05) is 85.0 Å². The quantitative estimate of drug-likeness (QED) is 0.257. The van der Waals surface area contributed by atoms with E-state index in [9.17, 15) is 0 Å². The molecule has 0 amide bonds. The summed E-state index contributed by atoms with van der Waals surface area (Å²) in [6.07, 6.45) is 7.64. The number of hydrogen-bond donors (Lipinski definition) is 0. The minimum absolute atomic E-state index is 0.646. The molecule has 0 saturated heterocycles. The van der Waals surface area contributed by atoms with Crippen LogP contribution < -0.4 is 0 Å². The van der Waals surface area contributed by atoms with Gasteiger partial charge in [0.05, 0.1) is 0 Å². The number of benzene rings is 3. The van der Waals surface area contributed by atoms with Crippen molar-refractivity contribution in [2.75, 3.05) is 0 Å². The molecule has 5 aromatic rings. The lowest BCUT2D eigenvalue weighted by atomic mass is 10.0. The predicted molar refractivity (Wildman–Crippen MR) is 141 cm³/mol. The number of hydrogen-bond acceptors (Lipinski definition) is 4. The highest BCUT2D eigenvalue weighted by molar-refractivity contribution is 7.25. The fourth-order valence-electron chi connectivity index (χ4n) is 3.94. The van der Waals surface area contributed by atoms with E-state index in [0.29, 0.717) is 17.5 Å². The Morgan fingerprint density at radius 1 is 0.879 bits per heavy atom. The molecule has 0 aliphatic rings. The van der Waals surface area contributed by atoms with Crippen molar-refractivity contribution in [1.82, 2.24) is 15.0 Å². The topological polar surface area (TPSA) is 38.7 Å². The first-order valence-corrected chi connectivity index (χ1v) is 11.7. The first kappa shape index (κ1) is 21.0. The Kier molecular flexibility index (Phi) is 5.68. The average Bonchev–Trinajstić information content (AvgIpc) is 3.23. The normalized spacial score (nSPS) is 12.1. The van der Waals surface area contributed by atoms with Crippen LogP contribution in [0.25, 0.3) is 48.5 Å². The standard InChI is InChI=1S/C29H23N3S/c1-4-6-11-20(5-2)27-30-28(21-12-8-7-9-13-21)32-29(31-27)22-14-10-15-25-26(22)23-18-19(3)16-17-24(23)33-25/h4-18H,1H2,2-3H3/b11-6-,20-5+. The molecule has 0 aliphatic heterocycles. The second kappa shape index (κ2) is 8.93. The molecule has 0 saturated carbocycles. The van der Waals surface area contributed by atoms with E-state index in [2.05, 4.69) is 49.9 Å². The van der Waals surface area contributed by atoms with Gasteiger partial charge in [-0.25, -0.2) is 15.0 Å². The first-order valence-electron chi connectivity index (χ1n) is 10.9. The highest BCUT2D eigenvalue weighted by atomic mass is 32.1. The summed E-state index contributed by atoms with van der Waals surface area (Å²) < 4.78 is 2.50. The molecule has 5 rings (SSSR count).